The third-order valence-electron chi connectivity index (χ3n) is 2.98. The molecule has 0 saturated carbocycles. The van der Waals surface area contributed by atoms with E-state index in [9.17, 15) is 4.39 Å². The molecule has 2 N–H and O–H groups in total. The topological polar surface area (TPSA) is 52.0 Å². The van der Waals surface area contributed by atoms with Crippen molar-refractivity contribution in [2.75, 3.05) is 5.73 Å². The summed E-state index contributed by atoms with van der Waals surface area (Å²) in [6.07, 6.45) is 0. The highest BCUT2D eigenvalue weighted by molar-refractivity contribution is 6.33. The molecule has 5 heteroatoms. The normalized spacial score (nSPS) is 10.7. The molecule has 2 aromatic carbocycles. The van der Waals surface area contributed by atoms with Gasteiger partial charge in [0.2, 0.25) is 5.88 Å². The number of hydrogen-bond donors (Lipinski definition) is 1. The van der Waals surface area contributed by atoms with Crippen LogP contribution in [0.1, 0.15) is 0 Å². The molecule has 0 aliphatic rings. The molecular formula is C15H10ClFN2O. The summed E-state index contributed by atoms with van der Waals surface area (Å²) in [6.45, 7) is 0. The van der Waals surface area contributed by atoms with Gasteiger partial charge >= 0.3 is 0 Å². The SMILES string of the molecule is Nc1onc(-c2ccc(F)cc2)c1-c1ccccc1Cl. The lowest BCUT2D eigenvalue weighted by molar-refractivity contribution is 0.439. The van der Waals surface area contributed by atoms with Crippen LogP contribution in [0.3, 0.4) is 0 Å². The van der Waals surface area contributed by atoms with Gasteiger partial charge in [-0.1, -0.05) is 35.0 Å². The molecule has 0 radical (unpaired) electrons. The van der Waals surface area contributed by atoms with Crippen LogP contribution in [-0.4, -0.2) is 5.16 Å². The first kappa shape index (κ1) is 12.7. The first-order chi connectivity index (χ1) is 9.66. The molecule has 3 nitrogen and oxygen atoms in total. The van der Waals surface area contributed by atoms with Gasteiger partial charge in [-0.2, -0.15) is 0 Å². The third-order valence-corrected chi connectivity index (χ3v) is 3.31. The standard InChI is InChI=1S/C15H10ClFN2O/c16-12-4-2-1-3-11(12)13-14(19-20-15(13)18)9-5-7-10(17)8-6-9/h1-8H,18H2. The van der Waals surface area contributed by atoms with E-state index < -0.39 is 0 Å². The Labute approximate surface area is 119 Å². The van der Waals surface area contributed by atoms with Crippen LogP contribution in [0.4, 0.5) is 10.3 Å². The molecule has 0 saturated heterocycles. The van der Waals surface area contributed by atoms with Crippen LogP contribution in [0.25, 0.3) is 22.4 Å². The fourth-order valence-electron chi connectivity index (χ4n) is 2.03. The first-order valence-corrected chi connectivity index (χ1v) is 6.30. The Morgan fingerprint density at radius 3 is 2.45 bits per heavy atom. The van der Waals surface area contributed by atoms with Crippen molar-refractivity contribution in [3.05, 3.63) is 59.4 Å². The fourth-order valence-corrected chi connectivity index (χ4v) is 2.26. The van der Waals surface area contributed by atoms with Gasteiger partial charge in [-0.25, -0.2) is 4.39 Å². The minimum absolute atomic E-state index is 0.178. The zero-order valence-corrected chi connectivity index (χ0v) is 11.1. The Morgan fingerprint density at radius 1 is 1.05 bits per heavy atom. The van der Waals surface area contributed by atoms with E-state index in [0.29, 0.717) is 21.8 Å². The maximum Gasteiger partial charge on any atom is 0.230 e. The van der Waals surface area contributed by atoms with E-state index in [1.807, 2.05) is 18.2 Å². The Bertz CT molecular complexity index is 753. The zero-order chi connectivity index (χ0) is 14.1. The lowest BCUT2D eigenvalue weighted by Crippen LogP contribution is -1.88. The number of rotatable bonds is 2. The Kier molecular flexibility index (Phi) is 3.16. The molecule has 0 atom stereocenters. The van der Waals surface area contributed by atoms with Crippen LogP contribution in [0.15, 0.2) is 53.1 Å². The van der Waals surface area contributed by atoms with Gasteiger partial charge in [0.25, 0.3) is 0 Å². The Hall–Kier alpha value is -2.33. The lowest BCUT2D eigenvalue weighted by atomic mass is 10.0. The van der Waals surface area contributed by atoms with E-state index >= 15 is 0 Å². The smallest absolute Gasteiger partial charge is 0.230 e. The van der Waals surface area contributed by atoms with Gasteiger partial charge < -0.3 is 10.3 Å². The number of nitrogens with two attached hydrogens (primary N) is 1. The number of halogens is 2. The Balaban J connectivity index is 2.20. The van der Waals surface area contributed by atoms with E-state index in [4.69, 9.17) is 21.9 Å². The molecule has 0 aliphatic carbocycles. The van der Waals surface area contributed by atoms with Crippen molar-refractivity contribution in [1.82, 2.24) is 5.16 Å². The summed E-state index contributed by atoms with van der Waals surface area (Å²) < 4.78 is 18.1. The van der Waals surface area contributed by atoms with Gasteiger partial charge in [-0.05, 0) is 30.3 Å². The monoisotopic (exact) mass is 288 g/mol. The first-order valence-electron chi connectivity index (χ1n) is 5.93. The second-order valence-electron chi connectivity index (χ2n) is 4.26. The summed E-state index contributed by atoms with van der Waals surface area (Å²) in [4.78, 5) is 0. The van der Waals surface area contributed by atoms with Crippen LogP contribution in [-0.2, 0) is 0 Å². The van der Waals surface area contributed by atoms with Gasteiger partial charge in [-0.15, -0.1) is 0 Å². The average Bonchev–Trinajstić information content (AvgIpc) is 2.82. The highest BCUT2D eigenvalue weighted by atomic mass is 35.5. The average molecular weight is 289 g/mol. The van der Waals surface area contributed by atoms with Crippen LogP contribution in [0.5, 0.6) is 0 Å². The zero-order valence-electron chi connectivity index (χ0n) is 10.3. The van der Waals surface area contributed by atoms with Gasteiger partial charge in [0, 0.05) is 16.1 Å². The number of hydrogen-bond acceptors (Lipinski definition) is 3. The summed E-state index contributed by atoms with van der Waals surface area (Å²) >= 11 is 6.19. The van der Waals surface area contributed by atoms with Crippen molar-refractivity contribution in [2.24, 2.45) is 0 Å². The maximum atomic E-state index is 13.0. The molecule has 1 aromatic heterocycles. The van der Waals surface area contributed by atoms with Crippen LogP contribution >= 0.6 is 11.6 Å². The molecule has 20 heavy (non-hydrogen) atoms. The summed E-state index contributed by atoms with van der Waals surface area (Å²) in [6, 6.07) is 13.2. The van der Waals surface area contributed by atoms with Crippen molar-refractivity contribution < 1.29 is 8.91 Å². The fraction of sp³-hybridized carbons (Fsp3) is 0. The van der Waals surface area contributed by atoms with Gasteiger partial charge in [0.05, 0.1) is 5.56 Å². The van der Waals surface area contributed by atoms with E-state index in [2.05, 4.69) is 5.16 Å². The van der Waals surface area contributed by atoms with Crippen molar-refractivity contribution in [1.29, 1.82) is 0 Å². The van der Waals surface area contributed by atoms with Gasteiger partial charge in [0.1, 0.15) is 11.5 Å². The number of anilines is 1. The van der Waals surface area contributed by atoms with Crippen molar-refractivity contribution in [2.45, 2.75) is 0 Å². The third kappa shape index (κ3) is 2.14. The predicted molar refractivity (Wildman–Crippen MR) is 76.8 cm³/mol. The molecule has 0 aliphatic heterocycles. The van der Waals surface area contributed by atoms with Crippen molar-refractivity contribution in [3.63, 3.8) is 0 Å². The molecule has 3 aromatic rings. The number of aromatic nitrogens is 1. The summed E-state index contributed by atoms with van der Waals surface area (Å²) in [7, 11) is 0. The van der Waals surface area contributed by atoms with E-state index in [-0.39, 0.29) is 11.7 Å². The van der Waals surface area contributed by atoms with E-state index in [1.165, 1.54) is 12.1 Å². The Morgan fingerprint density at radius 2 is 1.75 bits per heavy atom. The molecule has 0 amide bonds. The molecule has 0 spiro atoms. The molecule has 0 fully saturated rings. The number of benzene rings is 2. The molecule has 1 heterocycles. The van der Waals surface area contributed by atoms with Crippen molar-refractivity contribution in [3.8, 4) is 22.4 Å². The quantitative estimate of drug-likeness (QED) is 0.761. The largest absolute Gasteiger partial charge is 0.367 e. The van der Waals surface area contributed by atoms with E-state index in [0.717, 1.165) is 5.56 Å². The number of nitrogen functional groups attached to an aromatic ring is 1. The predicted octanol–water partition coefficient (Wildman–Crippen LogP) is 4.38. The highest BCUT2D eigenvalue weighted by Crippen LogP contribution is 2.39. The lowest BCUT2D eigenvalue weighted by Gasteiger charge is -2.04. The molecular weight excluding hydrogens is 279 g/mol. The highest BCUT2D eigenvalue weighted by Gasteiger charge is 2.19. The number of nitrogens with zero attached hydrogens (tertiary/aromatic N) is 1. The van der Waals surface area contributed by atoms with Crippen molar-refractivity contribution >= 4 is 17.5 Å². The maximum absolute atomic E-state index is 13.0. The van der Waals surface area contributed by atoms with Crippen LogP contribution < -0.4 is 5.73 Å². The summed E-state index contributed by atoms with van der Waals surface area (Å²) in [5, 5.41) is 4.50. The minimum Gasteiger partial charge on any atom is -0.367 e. The summed E-state index contributed by atoms with van der Waals surface area (Å²) in [5.74, 6) is -0.137. The molecule has 0 unspecified atom stereocenters. The van der Waals surface area contributed by atoms with Gasteiger partial charge in [-0.3, -0.25) is 0 Å². The van der Waals surface area contributed by atoms with Crippen LogP contribution in [0.2, 0.25) is 5.02 Å². The molecule has 0 bridgehead atoms. The summed E-state index contributed by atoms with van der Waals surface area (Å²) in [5.41, 5.74) is 8.44. The molecule has 3 rings (SSSR count). The second-order valence-corrected chi connectivity index (χ2v) is 4.66. The molecule has 100 valence electrons. The van der Waals surface area contributed by atoms with E-state index in [1.54, 1.807) is 18.2 Å². The minimum atomic E-state index is -0.315. The second kappa shape index (κ2) is 4.98. The van der Waals surface area contributed by atoms with Crippen LogP contribution in [0, 0.1) is 5.82 Å². The van der Waals surface area contributed by atoms with Gasteiger partial charge in [0.15, 0.2) is 0 Å².